The maximum atomic E-state index is 12.2. The van der Waals surface area contributed by atoms with Crippen LogP contribution in [0.5, 0.6) is 11.5 Å². The van der Waals surface area contributed by atoms with E-state index in [1.807, 2.05) is 20.1 Å². The fourth-order valence-corrected chi connectivity index (χ4v) is 10.5. The van der Waals surface area contributed by atoms with E-state index in [0.29, 0.717) is 6.04 Å². The van der Waals surface area contributed by atoms with E-state index in [9.17, 15) is 10.2 Å². The Bertz CT molecular complexity index is 1140. The predicted octanol–water partition coefficient (Wildman–Crippen LogP) is 4.17. The van der Waals surface area contributed by atoms with Gasteiger partial charge in [0.15, 0.2) is 11.5 Å². The average molecular weight is 466 g/mol. The molecule has 0 amide bonds. The number of piperidine rings is 1. The lowest BCUT2D eigenvalue weighted by Crippen LogP contribution is -2.78. The zero-order valence-corrected chi connectivity index (χ0v) is 21.3. The maximum Gasteiger partial charge on any atom is 0.165 e. The van der Waals surface area contributed by atoms with Crippen molar-refractivity contribution in [3.8, 4) is 11.5 Å². The number of fused-ring (bicyclic) bond motifs is 2. The number of hydrogen-bond acceptors (Lipinski definition) is 5. The van der Waals surface area contributed by atoms with Crippen molar-refractivity contribution in [3.05, 3.63) is 23.3 Å². The van der Waals surface area contributed by atoms with E-state index in [1.54, 1.807) is 0 Å². The number of aliphatic hydroxyl groups is 1. The van der Waals surface area contributed by atoms with E-state index in [4.69, 9.17) is 9.47 Å². The SMILES string of the molecule is COC12CCC3(CC1C(C)(O)C(C)(C)C)C1N(CC4CC4)[C@@]14Cc1ccc(O)c5c1C3(C4)C2O5. The third-order valence-corrected chi connectivity index (χ3v) is 12.5. The van der Waals surface area contributed by atoms with E-state index in [0.717, 1.165) is 43.8 Å². The Hall–Kier alpha value is -1.30. The van der Waals surface area contributed by atoms with Crippen molar-refractivity contribution in [1.82, 2.24) is 4.90 Å². The molecule has 2 aliphatic heterocycles. The summed E-state index contributed by atoms with van der Waals surface area (Å²) in [6, 6.07) is 4.58. The quantitative estimate of drug-likeness (QED) is 0.654. The van der Waals surface area contributed by atoms with Gasteiger partial charge < -0.3 is 19.7 Å². The molecule has 2 heterocycles. The standard InChI is InChI=1S/C29H39NO4/c1-24(2,3)25(4,32)19-13-26-10-11-29(19,33-5)23-28(26)15-27(22(26)30(27)14-16-6-7-16)12-17-8-9-18(31)21(34-23)20(17)28/h8-9,16,19,22-23,31-32H,6-7,10-15H2,1-5H3/t19?,22?,23?,25?,26?,27-,28?,29?,30?/m1/s1. The third kappa shape index (κ3) is 1.86. The first-order chi connectivity index (χ1) is 16.0. The van der Waals surface area contributed by atoms with Crippen molar-refractivity contribution >= 4 is 0 Å². The average Bonchev–Trinajstić information content (AvgIpc) is 3.64. The fraction of sp³-hybridized carbons (Fsp3) is 0.793. The molecule has 5 heteroatoms. The molecule has 1 aromatic rings. The minimum atomic E-state index is -0.902. The summed E-state index contributed by atoms with van der Waals surface area (Å²) in [5.74, 6) is 1.84. The number of aromatic hydroxyl groups is 1. The summed E-state index contributed by atoms with van der Waals surface area (Å²) in [6.45, 7) is 9.76. The number of phenols is 1. The van der Waals surface area contributed by atoms with Gasteiger partial charge in [-0.3, -0.25) is 4.90 Å². The van der Waals surface area contributed by atoms with Gasteiger partial charge in [-0.15, -0.1) is 0 Å². The highest BCUT2D eigenvalue weighted by Gasteiger charge is 2.92. The molecular formula is C29H39NO4. The number of nitrogens with zero attached hydrogens (tertiary/aromatic N) is 1. The van der Waals surface area contributed by atoms with E-state index in [2.05, 4.69) is 31.7 Å². The second-order valence-electron chi connectivity index (χ2n) is 14.3. The van der Waals surface area contributed by atoms with Crippen LogP contribution in [-0.2, 0) is 16.6 Å². The van der Waals surface area contributed by atoms with Gasteiger partial charge in [-0.05, 0) is 74.8 Å². The Morgan fingerprint density at radius 1 is 1.18 bits per heavy atom. The Kier molecular flexibility index (Phi) is 3.37. The highest BCUT2D eigenvalue weighted by Crippen LogP contribution is 2.86. The lowest BCUT2D eigenvalue weighted by Gasteiger charge is -2.69. The van der Waals surface area contributed by atoms with Crippen molar-refractivity contribution in [1.29, 1.82) is 0 Å². The molecular weight excluding hydrogens is 426 g/mol. The molecule has 9 atom stereocenters. The van der Waals surface area contributed by atoms with E-state index in [1.165, 1.54) is 30.5 Å². The molecule has 184 valence electrons. The van der Waals surface area contributed by atoms with Gasteiger partial charge in [0.25, 0.3) is 0 Å². The van der Waals surface area contributed by atoms with Gasteiger partial charge in [0.05, 0.1) is 5.60 Å². The normalized spacial score (nSPS) is 50.4. The van der Waals surface area contributed by atoms with Crippen LogP contribution < -0.4 is 4.74 Å². The molecule has 8 unspecified atom stereocenters. The number of ether oxygens (including phenoxy) is 2. The number of benzene rings is 1. The van der Waals surface area contributed by atoms with E-state index >= 15 is 0 Å². The summed E-state index contributed by atoms with van der Waals surface area (Å²) in [7, 11) is 1.83. The highest BCUT2D eigenvalue weighted by atomic mass is 16.6. The third-order valence-electron chi connectivity index (χ3n) is 12.5. The van der Waals surface area contributed by atoms with Crippen molar-refractivity contribution in [2.75, 3.05) is 13.7 Å². The summed E-state index contributed by atoms with van der Waals surface area (Å²) < 4.78 is 13.5. The lowest BCUT2D eigenvalue weighted by molar-refractivity contribution is -0.290. The number of likely N-dealkylation sites (tertiary alicyclic amines) is 1. The lowest BCUT2D eigenvalue weighted by atomic mass is 9.38. The molecule has 0 aromatic heterocycles. The molecule has 4 bridgehead atoms. The van der Waals surface area contributed by atoms with Crippen molar-refractivity contribution in [2.45, 2.75) is 107 Å². The molecule has 6 fully saturated rings. The Labute approximate surface area is 202 Å². The molecule has 2 N–H and O–H groups in total. The number of rotatable bonds is 4. The van der Waals surface area contributed by atoms with Crippen LogP contribution in [-0.4, -0.2) is 57.7 Å². The molecule has 9 rings (SSSR count). The highest BCUT2D eigenvalue weighted by molar-refractivity contribution is 5.67. The zero-order chi connectivity index (χ0) is 23.7. The zero-order valence-electron chi connectivity index (χ0n) is 21.3. The van der Waals surface area contributed by atoms with Gasteiger partial charge >= 0.3 is 0 Å². The number of hydrogen-bond donors (Lipinski definition) is 2. The van der Waals surface area contributed by atoms with Crippen LogP contribution >= 0.6 is 0 Å². The van der Waals surface area contributed by atoms with Crippen LogP contribution in [0.1, 0.15) is 77.3 Å². The van der Waals surface area contributed by atoms with E-state index < -0.39 is 11.2 Å². The van der Waals surface area contributed by atoms with Gasteiger partial charge in [-0.1, -0.05) is 26.8 Å². The second kappa shape index (κ2) is 5.50. The van der Waals surface area contributed by atoms with Crippen LogP contribution in [0, 0.1) is 22.7 Å². The first-order valence-corrected chi connectivity index (χ1v) is 13.5. The smallest absolute Gasteiger partial charge is 0.165 e. The van der Waals surface area contributed by atoms with Crippen LogP contribution in [0.25, 0.3) is 0 Å². The number of methoxy groups -OCH3 is 1. The predicted molar refractivity (Wildman–Crippen MR) is 128 cm³/mol. The largest absolute Gasteiger partial charge is 0.504 e. The molecule has 0 radical (unpaired) electrons. The van der Waals surface area contributed by atoms with Crippen molar-refractivity contribution in [3.63, 3.8) is 0 Å². The van der Waals surface area contributed by atoms with E-state index in [-0.39, 0.29) is 39.6 Å². The van der Waals surface area contributed by atoms with Gasteiger partial charge in [-0.25, -0.2) is 0 Å². The monoisotopic (exact) mass is 465 g/mol. The summed E-state index contributed by atoms with van der Waals surface area (Å²) in [4.78, 5) is 2.88. The molecule has 3 spiro atoms. The molecule has 34 heavy (non-hydrogen) atoms. The topological polar surface area (TPSA) is 61.9 Å². The summed E-state index contributed by atoms with van der Waals surface area (Å²) in [6.07, 6.45) is 7.83. The molecule has 5 nitrogen and oxygen atoms in total. The Balaban J connectivity index is 1.38. The van der Waals surface area contributed by atoms with Crippen LogP contribution in [0.4, 0.5) is 0 Å². The summed E-state index contributed by atoms with van der Waals surface area (Å²) in [5.41, 5.74) is 1.12. The van der Waals surface area contributed by atoms with Crippen LogP contribution in [0.2, 0.25) is 0 Å². The molecule has 1 aromatic carbocycles. The van der Waals surface area contributed by atoms with Crippen molar-refractivity contribution < 1.29 is 19.7 Å². The first-order valence-electron chi connectivity index (χ1n) is 13.5. The Morgan fingerprint density at radius 2 is 1.94 bits per heavy atom. The van der Waals surface area contributed by atoms with Gasteiger partial charge in [-0.2, -0.15) is 0 Å². The summed E-state index contributed by atoms with van der Waals surface area (Å²) in [5, 5.41) is 23.2. The minimum absolute atomic E-state index is 0.0194. The van der Waals surface area contributed by atoms with Crippen molar-refractivity contribution in [2.24, 2.45) is 22.7 Å². The first kappa shape index (κ1) is 20.8. The van der Waals surface area contributed by atoms with Gasteiger partial charge in [0.1, 0.15) is 11.7 Å². The fourth-order valence-electron chi connectivity index (χ4n) is 10.5. The second-order valence-corrected chi connectivity index (χ2v) is 14.3. The van der Waals surface area contributed by atoms with Gasteiger partial charge in [0, 0.05) is 47.5 Å². The molecule has 1 saturated heterocycles. The summed E-state index contributed by atoms with van der Waals surface area (Å²) >= 11 is 0. The minimum Gasteiger partial charge on any atom is -0.504 e. The Morgan fingerprint density at radius 3 is 2.62 bits per heavy atom. The molecule has 8 aliphatic rings. The van der Waals surface area contributed by atoms with Gasteiger partial charge in [0.2, 0.25) is 0 Å². The molecule has 5 saturated carbocycles. The van der Waals surface area contributed by atoms with Crippen LogP contribution in [0.3, 0.4) is 0 Å². The number of phenolic OH excluding ortho intramolecular Hbond substituents is 1. The van der Waals surface area contributed by atoms with Crippen LogP contribution in [0.15, 0.2) is 12.1 Å². The molecule has 6 aliphatic carbocycles. The maximum absolute atomic E-state index is 12.2.